The molecule has 2 aromatic carbocycles. The molecule has 1 aromatic heterocycles. The average molecular weight is 475 g/mol. The van der Waals surface area contributed by atoms with E-state index in [0.717, 1.165) is 17.0 Å². The van der Waals surface area contributed by atoms with Crippen molar-refractivity contribution in [1.29, 1.82) is 0 Å². The number of aliphatic hydroxyl groups excluding tert-OH is 1. The number of fused-ring (bicyclic) bond motifs is 1. The van der Waals surface area contributed by atoms with Gasteiger partial charge in [-0.3, -0.25) is 0 Å². The van der Waals surface area contributed by atoms with Crippen molar-refractivity contribution in [3.05, 3.63) is 76.5 Å². The molecule has 26 heavy (non-hydrogen) atoms. The van der Waals surface area contributed by atoms with Crippen LogP contribution >= 0.6 is 0 Å². The Hall–Kier alpha value is -2.00. The molecule has 2 nitrogen and oxygen atoms in total. The standard InChI is InChI=1S/C19H14F4NO.HI/c1-24-9-8-11(12-4-2-3-5-15(12)24)6-7-13-16(20)18(22)14(10-25)19(23)17(13)21;/h2-9,25H,10H2,1H3;1H/q+1;/p-1/b7-6+;. The number of para-hydroxylation sites is 1. The minimum absolute atomic E-state index is 0. The van der Waals surface area contributed by atoms with Crippen molar-refractivity contribution in [1.82, 2.24) is 0 Å². The van der Waals surface area contributed by atoms with Gasteiger partial charge in [-0.25, -0.2) is 22.1 Å². The van der Waals surface area contributed by atoms with Gasteiger partial charge in [0.1, 0.15) is 7.05 Å². The van der Waals surface area contributed by atoms with E-state index in [1.807, 2.05) is 35.9 Å². The smallest absolute Gasteiger partial charge is 0.212 e. The number of benzene rings is 2. The fourth-order valence-corrected chi connectivity index (χ4v) is 2.69. The number of rotatable bonds is 3. The van der Waals surface area contributed by atoms with Gasteiger partial charge in [-0.15, -0.1) is 0 Å². The van der Waals surface area contributed by atoms with Crippen LogP contribution in [-0.4, -0.2) is 5.11 Å². The lowest BCUT2D eigenvalue weighted by molar-refractivity contribution is -0.644. The van der Waals surface area contributed by atoms with E-state index in [0.29, 0.717) is 5.56 Å². The molecule has 136 valence electrons. The number of pyridine rings is 1. The Morgan fingerprint density at radius 2 is 1.54 bits per heavy atom. The molecule has 0 fully saturated rings. The van der Waals surface area contributed by atoms with Gasteiger partial charge < -0.3 is 29.1 Å². The van der Waals surface area contributed by atoms with E-state index in [2.05, 4.69) is 0 Å². The molecule has 0 spiro atoms. The number of aromatic nitrogens is 1. The molecule has 0 amide bonds. The summed E-state index contributed by atoms with van der Waals surface area (Å²) in [5.74, 6) is -6.26. The molecule has 0 aliphatic carbocycles. The Bertz CT molecular complexity index is 975. The van der Waals surface area contributed by atoms with Gasteiger partial charge in [0, 0.05) is 12.1 Å². The van der Waals surface area contributed by atoms with Gasteiger partial charge >= 0.3 is 0 Å². The number of halogens is 5. The minimum Gasteiger partial charge on any atom is -1.00 e. The first kappa shape index (κ1) is 20.3. The van der Waals surface area contributed by atoms with Gasteiger partial charge in [0.05, 0.1) is 23.1 Å². The average Bonchev–Trinajstić information content (AvgIpc) is 2.62. The number of aliphatic hydroxyl groups is 1. The summed E-state index contributed by atoms with van der Waals surface area (Å²) in [5.41, 5.74) is -0.327. The third-order valence-corrected chi connectivity index (χ3v) is 4.05. The van der Waals surface area contributed by atoms with Crippen LogP contribution in [0.2, 0.25) is 0 Å². The van der Waals surface area contributed by atoms with E-state index in [9.17, 15) is 17.6 Å². The predicted octanol–water partition coefficient (Wildman–Crippen LogP) is 0.887. The SMILES string of the molecule is C[n+]1ccc(/C=C/c2c(F)c(F)c(CO)c(F)c2F)c2ccccc21.[I-]. The summed E-state index contributed by atoms with van der Waals surface area (Å²) in [5, 5.41) is 9.67. The van der Waals surface area contributed by atoms with Crippen molar-refractivity contribution < 1.29 is 51.2 Å². The molecule has 0 bridgehead atoms. The molecule has 0 unspecified atom stereocenters. The summed E-state index contributed by atoms with van der Waals surface area (Å²) in [4.78, 5) is 0. The Kier molecular flexibility index (Phi) is 6.35. The van der Waals surface area contributed by atoms with E-state index in [1.54, 1.807) is 12.3 Å². The van der Waals surface area contributed by atoms with Crippen LogP contribution < -0.4 is 28.5 Å². The number of nitrogens with zero attached hydrogens (tertiary/aromatic N) is 1. The highest BCUT2D eigenvalue weighted by Crippen LogP contribution is 2.26. The zero-order chi connectivity index (χ0) is 18.1. The van der Waals surface area contributed by atoms with Crippen LogP contribution in [0.25, 0.3) is 23.1 Å². The van der Waals surface area contributed by atoms with Crippen LogP contribution in [0.5, 0.6) is 0 Å². The number of hydrogen-bond acceptors (Lipinski definition) is 1. The normalized spacial score (nSPS) is 11.2. The molecule has 7 heteroatoms. The molecule has 1 heterocycles. The van der Waals surface area contributed by atoms with Crippen LogP contribution in [0, 0.1) is 23.3 Å². The molecule has 3 aromatic rings. The molecule has 1 N–H and O–H groups in total. The maximum Gasteiger partial charge on any atom is 0.212 e. The van der Waals surface area contributed by atoms with E-state index in [4.69, 9.17) is 5.11 Å². The first-order valence-electron chi connectivity index (χ1n) is 7.46. The van der Waals surface area contributed by atoms with Crippen LogP contribution in [0.1, 0.15) is 16.7 Å². The van der Waals surface area contributed by atoms with Crippen molar-refractivity contribution >= 4 is 23.1 Å². The van der Waals surface area contributed by atoms with Gasteiger partial charge in [0.2, 0.25) is 5.52 Å². The summed E-state index contributed by atoms with van der Waals surface area (Å²) in [6.45, 7) is -1.13. The highest BCUT2D eigenvalue weighted by Gasteiger charge is 2.23. The molecule has 0 atom stereocenters. The molecular formula is C19H14F4INO. The minimum atomic E-state index is -1.59. The van der Waals surface area contributed by atoms with Gasteiger partial charge in [-0.05, 0) is 17.7 Å². The molecule has 0 saturated carbocycles. The van der Waals surface area contributed by atoms with Crippen molar-refractivity contribution in [3.8, 4) is 0 Å². The first-order chi connectivity index (χ1) is 12.0. The Morgan fingerprint density at radius 1 is 0.923 bits per heavy atom. The van der Waals surface area contributed by atoms with Crippen molar-refractivity contribution in [2.75, 3.05) is 0 Å². The lowest BCUT2D eigenvalue weighted by Gasteiger charge is -2.08. The topological polar surface area (TPSA) is 24.1 Å². The molecular weight excluding hydrogens is 461 g/mol. The quantitative estimate of drug-likeness (QED) is 0.259. The van der Waals surface area contributed by atoms with E-state index >= 15 is 0 Å². The molecule has 0 aliphatic heterocycles. The zero-order valence-electron chi connectivity index (χ0n) is 13.6. The molecule has 3 rings (SSSR count). The Balaban J connectivity index is 0.00000243. The monoisotopic (exact) mass is 475 g/mol. The van der Waals surface area contributed by atoms with E-state index in [1.165, 1.54) is 6.08 Å². The van der Waals surface area contributed by atoms with Crippen molar-refractivity contribution in [2.24, 2.45) is 7.05 Å². The van der Waals surface area contributed by atoms with Crippen LogP contribution in [0.4, 0.5) is 17.6 Å². The Labute approximate surface area is 164 Å². The first-order valence-corrected chi connectivity index (χ1v) is 7.46. The maximum absolute atomic E-state index is 14.0. The summed E-state index contributed by atoms with van der Waals surface area (Å²) in [7, 11) is 1.85. The van der Waals surface area contributed by atoms with E-state index in [-0.39, 0.29) is 24.0 Å². The van der Waals surface area contributed by atoms with Gasteiger partial charge in [-0.1, -0.05) is 18.2 Å². The van der Waals surface area contributed by atoms with Gasteiger partial charge in [-0.2, -0.15) is 0 Å². The lowest BCUT2D eigenvalue weighted by atomic mass is 10.0. The third kappa shape index (κ3) is 3.45. The number of hydrogen-bond donors (Lipinski definition) is 1. The summed E-state index contributed by atoms with van der Waals surface area (Å²) in [6.07, 6.45) is 4.14. The maximum atomic E-state index is 14.0. The molecule has 0 radical (unpaired) electrons. The second-order valence-corrected chi connectivity index (χ2v) is 5.54. The van der Waals surface area contributed by atoms with Crippen molar-refractivity contribution in [3.63, 3.8) is 0 Å². The number of aryl methyl sites for hydroxylation is 1. The summed E-state index contributed by atoms with van der Waals surface area (Å²) in [6, 6.07) is 9.11. The van der Waals surface area contributed by atoms with Crippen molar-refractivity contribution in [2.45, 2.75) is 6.61 Å². The zero-order valence-corrected chi connectivity index (χ0v) is 15.8. The van der Waals surface area contributed by atoms with Crippen LogP contribution in [0.15, 0.2) is 36.5 Å². The van der Waals surface area contributed by atoms with Gasteiger partial charge in [0.25, 0.3) is 0 Å². The second-order valence-electron chi connectivity index (χ2n) is 5.54. The summed E-state index contributed by atoms with van der Waals surface area (Å²) < 4.78 is 57.4. The lowest BCUT2D eigenvalue weighted by Crippen LogP contribution is -3.00. The Morgan fingerprint density at radius 3 is 2.15 bits per heavy atom. The fourth-order valence-electron chi connectivity index (χ4n) is 2.69. The molecule has 0 aliphatic rings. The van der Waals surface area contributed by atoms with Crippen LogP contribution in [0.3, 0.4) is 0 Å². The third-order valence-electron chi connectivity index (χ3n) is 4.05. The summed E-state index contributed by atoms with van der Waals surface area (Å²) >= 11 is 0. The highest BCUT2D eigenvalue weighted by atomic mass is 127. The van der Waals surface area contributed by atoms with E-state index < -0.39 is 41.0 Å². The highest BCUT2D eigenvalue weighted by molar-refractivity contribution is 5.88. The largest absolute Gasteiger partial charge is 1.00 e. The van der Waals surface area contributed by atoms with Crippen LogP contribution in [-0.2, 0) is 13.7 Å². The van der Waals surface area contributed by atoms with Gasteiger partial charge in [0.15, 0.2) is 29.5 Å². The fraction of sp³-hybridized carbons (Fsp3) is 0.105. The predicted molar refractivity (Wildman–Crippen MR) is 86.2 cm³/mol. The molecule has 0 saturated heterocycles. The second kappa shape index (κ2) is 8.13.